The molecule has 1 aliphatic carbocycles. The van der Waals surface area contributed by atoms with Gasteiger partial charge in [0.05, 0.1) is 6.33 Å². The number of nitrogens with zero attached hydrogens (tertiary/aromatic N) is 2. The average molecular weight is 444 g/mol. The highest BCUT2D eigenvalue weighted by Crippen LogP contribution is 2.27. The van der Waals surface area contributed by atoms with Gasteiger partial charge in [0, 0.05) is 42.6 Å². The maximum absolute atomic E-state index is 12.9. The lowest BCUT2D eigenvalue weighted by molar-refractivity contribution is -0.121. The second-order valence-electron chi connectivity index (χ2n) is 8.82. The van der Waals surface area contributed by atoms with Crippen LogP contribution in [0.3, 0.4) is 0 Å². The molecule has 170 valence electrons. The first-order valence-electron chi connectivity index (χ1n) is 11.7. The van der Waals surface area contributed by atoms with Crippen molar-refractivity contribution in [3.05, 3.63) is 69.8 Å². The molecule has 0 unspecified atom stereocenters. The number of benzene rings is 2. The van der Waals surface area contributed by atoms with Crippen LogP contribution in [0.2, 0.25) is 0 Å². The molecule has 0 fully saturated rings. The summed E-state index contributed by atoms with van der Waals surface area (Å²) in [7, 11) is 0. The Kier molecular flexibility index (Phi) is 5.86. The summed E-state index contributed by atoms with van der Waals surface area (Å²) in [6, 6.07) is 12.4. The van der Waals surface area contributed by atoms with Crippen LogP contribution in [0.1, 0.15) is 36.0 Å². The van der Waals surface area contributed by atoms with Crippen LogP contribution in [-0.4, -0.2) is 33.5 Å². The van der Waals surface area contributed by atoms with Crippen molar-refractivity contribution in [2.75, 3.05) is 18.4 Å². The highest BCUT2D eigenvalue weighted by atomic mass is 16.2. The van der Waals surface area contributed by atoms with Crippen LogP contribution in [0.25, 0.3) is 21.9 Å². The molecule has 0 radical (unpaired) electrons. The van der Waals surface area contributed by atoms with Crippen LogP contribution >= 0.6 is 0 Å². The summed E-state index contributed by atoms with van der Waals surface area (Å²) < 4.78 is 1.50. The molecule has 0 atom stereocenters. The smallest absolute Gasteiger partial charge is 0.277 e. The monoisotopic (exact) mass is 443 g/mol. The van der Waals surface area contributed by atoms with Crippen molar-refractivity contribution in [3.63, 3.8) is 0 Å². The molecule has 7 heteroatoms. The van der Waals surface area contributed by atoms with E-state index < -0.39 is 0 Å². The Hall–Kier alpha value is -3.61. The SMILES string of the molecule is Cc1ccc2[nH]c3c(=O)n(CCC(=O)NCCNc4cccc5c4CCCC5)cnc3c2c1. The Morgan fingerprint density at radius 1 is 1.15 bits per heavy atom. The predicted molar refractivity (Wildman–Crippen MR) is 132 cm³/mol. The third-order valence-electron chi connectivity index (χ3n) is 6.47. The molecule has 5 rings (SSSR count). The van der Waals surface area contributed by atoms with Gasteiger partial charge in [-0.2, -0.15) is 0 Å². The molecule has 4 aromatic rings. The Morgan fingerprint density at radius 3 is 2.94 bits per heavy atom. The lowest BCUT2D eigenvalue weighted by Gasteiger charge is -2.20. The number of rotatable bonds is 7. The quantitative estimate of drug-likeness (QED) is 0.380. The van der Waals surface area contributed by atoms with E-state index in [2.05, 4.69) is 38.8 Å². The number of carbonyl (C=O) groups is 1. The highest BCUT2D eigenvalue weighted by molar-refractivity contribution is 6.04. The molecule has 1 aliphatic rings. The molecule has 2 aromatic heterocycles. The Bertz CT molecular complexity index is 1380. The number of amides is 1. The first kappa shape index (κ1) is 21.2. The first-order chi connectivity index (χ1) is 16.1. The second kappa shape index (κ2) is 9.10. The summed E-state index contributed by atoms with van der Waals surface area (Å²) in [5, 5.41) is 7.35. The van der Waals surface area contributed by atoms with Gasteiger partial charge in [0.25, 0.3) is 5.56 Å². The van der Waals surface area contributed by atoms with Crippen molar-refractivity contribution >= 4 is 33.5 Å². The van der Waals surface area contributed by atoms with Gasteiger partial charge in [-0.25, -0.2) is 4.98 Å². The molecule has 0 aliphatic heterocycles. The number of aromatic nitrogens is 3. The van der Waals surface area contributed by atoms with Crippen molar-refractivity contribution in [2.24, 2.45) is 0 Å². The summed E-state index contributed by atoms with van der Waals surface area (Å²) in [4.78, 5) is 32.9. The van der Waals surface area contributed by atoms with Crippen LogP contribution in [0.5, 0.6) is 0 Å². The minimum atomic E-state index is -0.155. The van der Waals surface area contributed by atoms with Crippen LogP contribution in [0.15, 0.2) is 47.5 Å². The number of aromatic amines is 1. The Labute approximate surface area is 192 Å². The zero-order valence-electron chi connectivity index (χ0n) is 18.9. The van der Waals surface area contributed by atoms with E-state index in [0.717, 1.165) is 29.3 Å². The maximum Gasteiger partial charge on any atom is 0.277 e. The van der Waals surface area contributed by atoms with E-state index in [1.165, 1.54) is 40.6 Å². The van der Waals surface area contributed by atoms with E-state index in [4.69, 9.17) is 0 Å². The van der Waals surface area contributed by atoms with E-state index in [1.54, 1.807) is 0 Å². The van der Waals surface area contributed by atoms with E-state index in [0.29, 0.717) is 30.7 Å². The molecule has 0 spiro atoms. The summed E-state index contributed by atoms with van der Waals surface area (Å²) in [5.41, 5.74) is 7.05. The van der Waals surface area contributed by atoms with Gasteiger partial charge in [0.2, 0.25) is 5.91 Å². The van der Waals surface area contributed by atoms with Crippen molar-refractivity contribution in [1.29, 1.82) is 0 Å². The molecule has 33 heavy (non-hydrogen) atoms. The molecule has 3 N–H and O–H groups in total. The zero-order valence-corrected chi connectivity index (χ0v) is 18.9. The molecule has 0 saturated carbocycles. The van der Waals surface area contributed by atoms with Crippen molar-refractivity contribution < 1.29 is 4.79 Å². The van der Waals surface area contributed by atoms with Gasteiger partial charge >= 0.3 is 0 Å². The number of H-pyrrole nitrogens is 1. The van der Waals surface area contributed by atoms with Crippen LogP contribution < -0.4 is 16.2 Å². The summed E-state index contributed by atoms with van der Waals surface area (Å²) in [6.45, 7) is 3.52. The molecule has 0 bridgehead atoms. The van der Waals surface area contributed by atoms with Gasteiger partial charge in [-0.1, -0.05) is 23.8 Å². The molecule has 2 heterocycles. The van der Waals surface area contributed by atoms with Crippen LogP contribution in [0.4, 0.5) is 5.69 Å². The van der Waals surface area contributed by atoms with Crippen molar-refractivity contribution in [3.8, 4) is 0 Å². The van der Waals surface area contributed by atoms with Gasteiger partial charge < -0.3 is 15.6 Å². The molecule has 2 aromatic carbocycles. The van der Waals surface area contributed by atoms with E-state index in [-0.39, 0.29) is 17.9 Å². The molecular formula is C26H29N5O2. The third-order valence-corrected chi connectivity index (χ3v) is 6.47. The summed E-state index contributed by atoms with van der Waals surface area (Å²) in [6.07, 6.45) is 6.53. The normalized spacial score (nSPS) is 13.2. The minimum absolute atomic E-state index is 0.0776. The van der Waals surface area contributed by atoms with Crippen molar-refractivity contribution in [2.45, 2.75) is 45.6 Å². The predicted octanol–water partition coefficient (Wildman–Crippen LogP) is 3.68. The van der Waals surface area contributed by atoms with Crippen molar-refractivity contribution in [1.82, 2.24) is 19.9 Å². The molecule has 1 amide bonds. The zero-order chi connectivity index (χ0) is 22.8. The van der Waals surface area contributed by atoms with E-state index in [1.807, 2.05) is 25.1 Å². The number of nitrogens with one attached hydrogen (secondary N) is 3. The number of aryl methyl sites for hydroxylation is 3. The second-order valence-corrected chi connectivity index (χ2v) is 8.82. The van der Waals surface area contributed by atoms with Crippen LogP contribution in [0, 0.1) is 6.92 Å². The molecule has 0 saturated heterocycles. The molecular weight excluding hydrogens is 414 g/mol. The standard InChI is InChI=1S/C26H29N5O2/c1-17-9-10-22-20(15-17)24-25(30-22)26(33)31(16-29-24)14-11-23(32)28-13-12-27-21-8-4-6-18-5-2-3-7-19(18)21/h4,6,8-10,15-16,27,30H,2-3,5,7,11-14H2,1H3,(H,28,32). The largest absolute Gasteiger partial charge is 0.383 e. The first-order valence-corrected chi connectivity index (χ1v) is 11.7. The number of anilines is 1. The van der Waals surface area contributed by atoms with Crippen LogP contribution in [-0.2, 0) is 24.2 Å². The summed E-state index contributed by atoms with van der Waals surface area (Å²) >= 11 is 0. The minimum Gasteiger partial charge on any atom is -0.383 e. The fraction of sp³-hybridized carbons (Fsp3) is 0.346. The van der Waals surface area contributed by atoms with Gasteiger partial charge in [-0.15, -0.1) is 0 Å². The number of hydrogen-bond donors (Lipinski definition) is 3. The Morgan fingerprint density at radius 2 is 2.03 bits per heavy atom. The highest BCUT2D eigenvalue weighted by Gasteiger charge is 2.13. The number of fused-ring (bicyclic) bond motifs is 4. The number of hydrogen-bond acceptors (Lipinski definition) is 4. The van der Waals surface area contributed by atoms with Gasteiger partial charge in [0.1, 0.15) is 11.0 Å². The lowest BCUT2D eigenvalue weighted by atomic mass is 9.90. The molecule has 7 nitrogen and oxygen atoms in total. The fourth-order valence-corrected chi connectivity index (χ4v) is 4.72. The summed E-state index contributed by atoms with van der Waals surface area (Å²) in [5.74, 6) is -0.0776. The average Bonchev–Trinajstić information content (AvgIpc) is 3.20. The topological polar surface area (TPSA) is 91.8 Å². The lowest BCUT2D eigenvalue weighted by Crippen LogP contribution is -2.31. The van der Waals surface area contributed by atoms with E-state index >= 15 is 0 Å². The fourth-order valence-electron chi connectivity index (χ4n) is 4.72. The Balaban J connectivity index is 1.16. The number of carbonyl (C=O) groups excluding carboxylic acids is 1. The van der Waals surface area contributed by atoms with Gasteiger partial charge in [-0.05, 0) is 61.9 Å². The maximum atomic E-state index is 12.9. The van der Waals surface area contributed by atoms with E-state index in [9.17, 15) is 9.59 Å². The van der Waals surface area contributed by atoms with Gasteiger partial charge in [-0.3, -0.25) is 14.2 Å². The third kappa shape index (κ3) is 4.35. The van der Waals surface area contributed by atoms with Gasteiger partial charge in [0.15, 0.2) is 0 Å².